The largest absolute Gasteiger partial charge is 0.501 e. The van der Waals surface area contributed by atoms with Gasteiger partial charge in [0.25, 0.3) is 0 Å². The fourth-order valence-corrected chi connectivity index (χ4v) is 2.09. The van der Waals surface area contributed by atoms with Crippen LogP contribution < -0.4 is 0 Å². The van der Waals surface area contributed by atoms with E-state index in [0.29, 0.717) is 17.2 Å². The zero-order chi connectivity index (χ0) is 14.6. The summed E-state index contributed by atoms with van der Waals surface area (Å²) in [7, 11) is 3.05. The fraction of sp³-hybridized carbons (Fsp3) is 0.250. The number of rotatable bonds is 4. The lowest BCUT2D eigenvalue weighted by molar-refractivity contribution is -0.150. The van der Waals surface area contributed by atoms with Crippen LogP contribution in [0, 0.1) is 0 Å². The minimum absolute atomic E-state index is 0.304. The lowest BCUT2D eigenvalue weighted by atomic mass is 9.99. The minimum atomic E-state index is -1.32. The molecule has 1 aromatic carbocycles. The standard InChI is InChI=1S/C16H17ClO3/c1-19-15-9-13(10-16(18,11-15)20-2)4-3-12-5-7-14(17)8-6-12/h3-10,18H,11H2,1-2H3/b4-3+. The molecule has 0 radical (unpaired) electrons. The first-order chi connectivity index (χ1) is 9.54. The van der Waals surface area contributed by atoms with Crippen LogP contribution in [0.2, 0.25) is 5.02 Å². The van der Waals surface area contributed by atoms with Crippen molar-refractivity contribution in [2.24, 2.45) is 0 Å². The average Bonchev–Trinajstić information content (AvgIpc) is 2.46. The number of allylic oxidation sites excluding steroid dienone is 3. The molecule has 0 heterocycles. The molecule has 1 aromatic rings. The summed E-state index contributed by atoms with van der Waals surface area (Å²) in [5.74, 6) is -0.646. The highest BCUT2D eigenvalue weighted by Crippen LogP contribution is 2.28. The normalized spacial score (nSPS) is 22.6. The third kappa shape index (κ3) is 3.73. The van der Waals surface area contributed by atoms with Crippen molar-refractivity contribution in [3.8, 4) is 0 Å². The summed E-state index contributed by atoms with van der Waals surface area (Å²) in [6.07, 6.45) is 7.68. The topological polar surface area (TPSA) is 38.7 Å². The Morgan fingerprint density at radius 3 is 2.50 bits per heavy atom. The summed E-state index contributed by atoms with van der Waals surface area (Å²) < 4.78 is 10.3. The molecular weight excluding hydrogens is 276 g/mol. The van der Waals surface area contributed by atoms with Crippen LogP contribution >= 0.6 is 11.6 Å². The second-order valence-electron chi connectivity index (χ2n) is 4.57. The van der Waals surface area contributed by atoms with Crippen LogP contribution in [0.15, 0.2) is 53.8 Å². The van der Waals surface area contributed by atoms with E-state index in [1.165, 1.54) is 7.11 Å². The molecule has 1 unspecified atom stereocenters. The molecule has 1 N–H and O–H groups in total. The van der Waals surface area contributed by atoms with E-state index in [0.717, 1.165) is 11.1 Å². The van der Waals surface area contributed by atoms with E-state index in [-0.39, 0.29) is 0 Å². The van der Waals surface area contributed by atoms with Crippen molar-refractivity contribution < 1.29 is 14.6 Å². The molecule has 1 aliphatic rings. The van der Waals surface area contributed by atoms with Crippen molar-refractivity contribution in [3.05, 3.63) is 64.4 Å². The van der Waals surface area contributed by atoms with Crippen LogP contribution in [0.3, 0.4) is 0 Å². The number of methoxy groups -OCH3 is 2. The molecule has 3 nitrogen and oxygen atoms in total. The summed E-state index contributed by atoms with van der Waals surface area (Å²) in [5.41, 5.74) is 1.85. The van der Waals surface area contributed by atoms with Crippen molar-refractivity contribution in [2.45, 2.75) is 12.2 Å². The molecule has 2 rings (SSSR count). The molecule has 1 atom stereocenters. The van der Waals surface area contributed by atoms with Gasteiger partial charge in [-0.1, -0.05) is 35.9 Å². The van der Waals surface area contributed by atoms with E-state index in [1.807, 2.05) is 42.5 Å². The van der Waals surface area contributed by atoms with Crippen molar-refractivity contribution in [3.63, 3.8) is 0 Å². The van der Waals surface area contributed by atoms with Gasteiger partial charge in [0.15, 0.2) is 5.79 Å². The maximum Gasteiger partial charge on any atom is 0.192 e. The first kappa shape index (κ1) is 14.9. The van der Waals surface area contributed by atoms with E-state index < -0.39 is 5.79 Å². The van der Waals surface area contributed by atoms with E-state index >= 15 is 0 Å². The number of ether oxygens (including phenoxy) is 2. The number of benzene rings is 1. The molecule has 0 spiro atoms. The third-order valence-electron chi connectivity index (χ3n) is 3.10. The van der Waals surface area contributed by atoms with Gasteiger partial charge in [-0.2, -0.15) is 0 Å². The lowest BCUT2D eigenvalue weighted by Gasteiger charge is -2.27. The molecule has 0 saturated carbocycles. The zero-order valence-electron chi connectivity index (χ0n) is 11.5. The van der Waals surface area contributed by atoms with Gasteiger partial charge < -0.3 is 14.6 Å². The molecule has 0 amide bonds. The summed E-state index contributed by atoms with van der Waals surface area (Å²) in [5, 5.41) is 10.9. The van der Waals surface area contributed by atoms with Gasteiger partial charge in [0.2, 0.25) is 0 Å². The van der Waals surface area contributed by atoms with Crippen molar-refractivity contribution in [1.29, 1.82) is 0 Å². The van der Waals surface area contributed by atoms with Crippen LogP contribution in [0.25, 0.3) is 6.08 Å². The van der Waals surface area contributed by atoms with Gasteiger partial charge >= 0.3 is 0 Å². The Labute approximate surface area is 123 Å². The molecule has 0 saturated heterocycles. The quantitative estimate of drug-likeness (QED) is 0.863. The highest BCUT2D eigenvalue weighted by Gasteiger charge is 2.29. The monoisotopic (exact) mass is 292 g/mol. The predicted molar refractivity (Wildman–Crippen MR) is 80.2 cm³/mol. The molecule has 20 heavy (non-hydrogen) atoms. The molecule has 1 aliphatic carbocycles. The van der Waals surface area contributed by atoms with Gasteiger partial charge in [0.05, 0.1) is 13.5 Å². The Kier molecular flexibility index (Phi) is 4.65. The van der Waals surface area contributed by atoms with Gasteiger partial charge in [-0.15, -0.1) is 0 Å². The second kappa shape index (κ2) is 6.27. The van der Waals surface area contributed by atoms with Gasteiger partial charge in [-0.05, 0) is 35.4 Å². The SMILES string of the molecule is COC1=CC(/C=C/c2ccc(Cl)cc2)=CC(O)(OC)C1. The van der Waals surface area contributed by atoms with Crippen LogP contribution in [-0.4, -0.2) is 25.1 Å². The number of aliphatic hydroxyl groups is 1. The molecule has 0 aliphatic heterocycles. The summed E-state index contributed by atoms with van der Waals surface area (Å²) in [6, 6.07) is 7.51. The van der Waals surface area contributed by atoms with Crippen LogP contribution in [-0.2, 0) is 9.47 Å². The van der Waals surface area contributed by atoms with Crippen molar-refractivity contribution in [1.82, 2.24) is 0 Å². The Morgan fingerprint density at radius 1 is 1.20 bits per heavy atom. The van der Waals surface area contributed by atoms with Crippen LogP contribution in [0.4, 0.5) is 0 Å². The summed E-state index contributed by atoms with van der Waals surface area (Å²) >= 11 is 5.84. The van der Waals surface area contributed by atoms with E-state index in [4.69, 9.17) is 21.1 Å². The summed E-state index contributed by atoms with van der Waals surface area (Å²) in [6.45, 7) is 0. The van der Waals surface area contributed by atoms with Crippen molar-refractivity contribution in [2.75, 3.05) is 14.2 Å². The predicted octanol–water partition coefficient (Wildman–Crippen LogP) is 3.55. The number of hydrogen-bond acceptors (Lipinski definition) is 3. The Bertz CT molecular complexity index is 558. The Hall–Kier alpha value is -1.55. The zero-order valence-corrected chi connectivity index (χ0v) is 12.2. The minimum Gasteiger partial charge on any atom is -0.501 e. The Morgan fingerprint density at radius 2 is 1.90 bits per heavy atom. The van der Waals surface area contributed by atoms with Gasteiger partial charge in [0.1, 0.15) is 5.76 Å². The van der Waals surface area contributed by atoms with Gasteiger partial charge in [-0.3, -0.25) is 0 Å². The van der Waals surface area contributed by atoms with E-state index in [2.05, 4.69) is 0 Å². The second-order valence-corrected chi connectivity index (χ2v) is 5.01. The van der Waals surface area contributed by atoms with Gasteiger partial charge in [-0.25, -0.2) is 0 Å². The van der Waals surface area contributed by atoms with Crippen LogP contribution in [0.1, 0.15) is 12.0 Å². The molecule has 106 valence electrons. The average molecular weight is 293 g/mol. The molecular formula is C16H17ClO3. The number of hydrogen-bond donors (Lipinski definition) is 1. The smallest absolute Gasteiger partial charge is 0.192 e. The highest BCUT2D eigenvalue weighted by molar-refractivity contribution is 6.30. The Balaban J connectivity index is 2.22. The first-order valence-electron chi connectivity index (χ1n) is 6.23. The molecule has 0 fully saturated rings. The van der Waals surface area contributed by atoms with E-state index in [1.54, 1.807) is 13.2 Å². The van der Waals surface area contributed by atoms with Gasteiger partial charge in [0, 0.05) is 12.1 Å². The maximum absolute atomic E-state index is 10.2. The van der Waals surface area contributed by atoms with Crippen molar-refractivity contribution >= 4 is 17.7 Å². The molecule has 0 aromatic heterocycles. The molecule has 4 heteroatoms. The summed E-state index contributed by atoms with van der Waals surface area (Å²) in [4.78, 5) is 0. The first-order valence-corrected chi connectivity index (χ1v) is 6.61. The van der Waals surface area contributed by atoms with E-state index in [9.17, 15) is 5.11 Å². The number of halogens is 1. The fourth-order valence-electron chi connectivity index (χ4n) is 1.96. The van der Waals surface area contributed by atoms with Crippen LogP contribution in [0.5, 0.6) is 0 Å². The maximum atomic E-state index is 10.2. The lowest BCUT2D eigenvalue weighted by Crippen LogP contribution is -2.31. The third-order valence-corrected chi connectivity index (χ3v) is 3.35. The molecule has 0 bridgehead atoms. The highest BCUT2D eigenvalue weighted by atomic mass is 35.5.